The van der Waals surface area contributed by atoms with Gasteiger partial charge in [-0.2, -0.15) is 0 Å². The number of methoxy groups -OCH3 is 1. The van der Waals surface area contributed by atoms with Crippen LogP contribution in [0.15, 0.2) is 35.0 Å². The first-order chi connectivity index (χ1) is 10.6. The second-order valence-electron chi connectivity index (χ2n) is 5.06. The number of nitrogens with zero attached hydrogens (tertiary/aromatic N) is 2. The molecule has 2 aliphatic rings. The Labute approximate surface area is 136 Å². The van der Waals surface area contributed by atoms with Gasteiger partial charge in [-0.25, -0.2) is 0 Å². The molecule has 0 bridgehead atoms. The van der Waals surface area contributed by atoms with Crippen molar-refractivity contribution in [2.75, 3.05) is 26.7 Å². The van der Waals surface area contributed by atoms with Gasteiger partial charge in [-0.3, -0.25) is 9.59 Å². The lowest BCUT2D eigenvalue weighted by molar-refractivity contribution is -0.169. The molecule has 1 aromatic carbocycles. The highest BCUT2D eigenvalue weighted by atomic mass is 79.9. The molecule has 0 aromatic heterocycles. The first-order valence-electron chi connectivity index (χ1n) is 6.85. The molecule has 0 spiro atoms. The summed E-state index contributed by atoms with van der Waals surface area (Å²) in [5, 5.41) is 1.65. The maximum absolute atomic E-state index is 12.7. The number of benzene rings is 1. The number of fused-ring (bicyclic) bond motifs is 1. The first-order valence-corrected chi connectivity index (χ1v) is 7.64. The number of amides is 1. The van der Waals surface area contributed by atoms with Crippen LogP contribution in [0.1, 0.15) is 5.56 Å². The maximum atomic E-state index is 12.7. The molecule has 0 saturated carbocycles. The molecule has 1 atom stereocenters. The summed E-state index contributed by atoms with van der Waals surface area (Å²) in [7, 11) is 1.31. The highest BCUT2D eigenvalue weighted by molar-refractivity contribution is 9.10. The summed E-state index contributed by atoms with van der Waals surface area (Å²) in [5.74, 6) is -0.571. The second kappa shape index (κ2) is 6.10. The van der Waals surface area contributed by atoms with Crippen molar-refractivity contribution < 1.29 is 19.2 Å². The Morgan fingerprint density at radius 2 is 2.09 bits per heavy atom. The number of hydrogen-bond acceptors (Lipinski definition) is 5. The van der Waals surface area contributed by atoms with E-state index in [0.717, 1.165) is 15.6 Å². The zero-order valence-electron chi connectivity index (χ0n) is 12.0. The molecule has 7 heteroatoms. The Morgan fingerprint density at radius 1 is 1.36 bits per heavy atom. The van der Waals surface area contributed by atoms with Gasteiger partial charge in [-0.15, -0.1) is 5.06 Å². The smallest absolute Gasteiger partial charge is 0.325 e. The van der Waals surface area contributed by atoms with Crippen LogP contribution in [0, 0.1) is 0 Å². The van der Waals surface area contributed by atoms with Crippen LogP contribution in [0.2, 0.25) is 0 Å². The van der Waals surface area contributed by atoms with Crippen molar-refractivity contribution in [3.8, 4) is 0 Å². The van der Waals surface area contributed by atoms with Crippen LogP contribution >= 0.6 is 15.9 Å². The number of esters is 1. The Morgan fingerprint density at radius 3 is 2.77 bits per heavy atom. The largest absolute Gasteiger partial charge is 0.468 e. The first kappa shape index (κ1) is 15.1. The van der Waals surface area contributed by atoms with Crippen LogP contribution in [0.4, 0.5) is 0 Å². The molecule has 1 unspecified atom stereocenters. The van der Waals surface area contributed by atoms with Crippen molar-refractivity contribution >= 4 is 33.4 Å². The van der Waals surface area contributed by atoms with Gasteiger partial charge in [-0.1, -0.05) is 28.1 Å². The minimum absolute atomic E-state index is 0.0344. The zero-order chi connectivity index (χ0) is 15.7. The van der Waals surface area contributed by atoms with Gasteiger partial charge in [0, 0.05) is 16.6 Å². The Kier molecular flexibility index (Phi) is 4.17. The minimum atomic E-state index is -0.514. The quantitative estimate of drug-likeness (QED) is 0.757. The van der Waals surface area contributed by atoms with Gasteiger partial charge in [0.2, 0.25) is 5.91 Å². The van der Waals surface area contributed by atoms with Gasteiger partial charge in [-0.05, 0) is 17.7 Å². The molecule has 22 heavy (non-hydrogen) atoms. The maximum Gasteiger partial charge on any atom is 0.325 e. The fraction of sp³-hybridized carbons (Fsp3) is 0.333. The molecule has 2 aliphatic heterocycles. The van der Waals surface area contributed by atoms with E-state index in [2.05, 4.69) is 20.7 Å². The monoisotopic (exact) mass is 366 g/mol. The molecular weight excluding hydrogens is 352 g/mol. The molecular formula is C15H15BrN2O4. The summed E-state index contributed by atoms with van der Waals surface area (Å²) in [5.41, 5.74) is 1.72. The minimum Gasteiger partial charge on any atom is -0.468 e. The molecule has 3 rings (SSSR count). The molecule has 1 aromatic rings. The predicted molar refractivity (Wildman–Crippen MR) is 82.3 cm³/mol. The summed E-state index contributed by atoms with van der Waals surface area (Å²) in [6.07, 6.45) is 1.60. The van der Waals surface area contributed by atoms with E-state index in [9.17, 15) is 9.59 Å². The van der Waals surface area contributed by atoms with Crippen LogP contribution in [-0.2, 0) is 19.2 Å². The molecule has 6 nitrogen and oxygen atoms in total. The van der Waals surface area contributed by atoms with E-state index in [0.29, 0.717) is 13.1 Å². The summed E-state index contributed by atoms with van der Waals surface area (Å²) in [4.78, 5) is 31.1. The third-order valence-electron chi connectivity index (χ3n) is 3.76. The fourth-order valence-electron chi connectivity index (χ4n) is 2.59. The van der Waals surface area contributed by atoms with Crippen LogP contribution in [0.5, 0.6) is 0 Å². The number of hydroxylamine groups is 2. The Bertz CT molecular complexity index is 629. The van der Waals surface area contributed by atoms with Crippen molar-refractivity contribution in [1.82, 2.24) is 9.96 Å². The second-order valence-corrected chi connectivity index (χ2v) is 5.98. The van der Waals surface area contributed by atoms with Gasteiger partial charge in [0.05, 0.1) is 13.7 Å². The van der Waals surface area contributed by atoms with Gasteiger partial charge in [0.1, 0.15) is 12.8 Å². The number of rotatable bonds is 3. The highest BCUT2D eigenvalue weighted by Gasteiger charge is 2.43. The van der Waals surface area contributed by atoms with Crippen LogP contribution in [0.25, 0.3) is 5.57 Å². The third kappa shape index (κ3) is 2.74. The van der Waals surface area contributed by atoms with E-state index in [4.69, 9.17) is 4.84 Å². The molecule has 116 valence electrons. The average molecular weight is 367 g/mol. The van der Waals surface area contributed by atoms with E-state index in [1.165, 1.54) is 12.0 Å². The molecule has 0 aliphatic carbocycles. The van der Waals surface area contributed by atoms with Crippen molar-refractivity contribution in [1.29, 1.82) is 0 Å². The predicted octanol–water partition coefficient (Wildman–Crippen LogP) is 1.42. The van der Waals surface area contributed by atoms with Gasteiger partial charge >= 0.3 is 5.97 Å². The van der Waals surface area contributed by atoms with Gasteiger partial charge < -0.3 is 14.5 Å². The van der Waals surface area contributed by atoms with E-state index in [1.807, 2.05) is 24.3 Å². The van der Waals surface area contributed by atoms with Gasteiger partial charge in [0.25, 0.3) is 0 Å². The van der Waals surface area contributed by atoms with Crippen molar-refractivity contribution in [3.63, 3.8) is 0 Å². The molecule has 1 saturated heterocycles. The summed E-state index contributed by atoms with van der Waals surface area (Å²) in [6, 6.07) is 7.17. The van der Waals surface area contributed by atoms with E-state index in [-0.39, 0.29) is 12.5 Å². The number of carbonyl (C=O) groups is 2. The zero-order valence-corrected chi connectivity index (χ0v) is 13.6. The molecule has 2 heterocycles. The normalized spacial score (nSPS) is 21.2. The number of halogens is 1. The van der Waals surface area contributed by atoms with Crippen LogP contribution in [0.3, 0.4) is 0 Å². The Balaban J connectivity index is 1.82. The standard InChI is InChI=1S/C15H15BrN2O4/c1-21-13(19)8-17-6-7-18-14(15(17)20)12(9-22-18)10-2-4-11(16)5-3-10/h2-5,9,14H,6-8H2,1H3. The summed E-state index contributed by atoms with van der Waals surface area (Å²) >= 11 is 3.39. The van der Waals surface area contributed by atoms with Crippen LogP contribution < -0.4 is 0 Å². The topological polar surface area (TPSA) is 59.1 Å². The van der Waals surface area contributed by atoms with E-state index < -0.39 is 12.0 Å². The lowest BCUT2D eigenvalue weighted by Gasteiger charge is -2.35. The average Bonchev–Trinajstić information content (AvgIpc) is 2.95. The fourth-order valence-corrected chi connectivity index (χ4v) is 2.86. The van der Waals surface area contributed by atoms with E-state index in [1.54, 1.807) is 11.3 Å². The van der Waals surface area contributed by atoms with E-state index >= 15 is 0 Å². The summed E-state index contributed by atoms with van der Waals surface area (Å²) in [6.45, 7) is 0.948. The van der Waals surface area contributed by atoms with Crippen molar-refractivity contribution in [3.05, 3.63) is 40.6 Å². The lowest BCUT2D eigenvalue weighted by Crippen LogP contribution is -2.56. The van der Waals surface area contributed by atoms with Gasteiger partial charge in [0.15, 0.2) is 6.04 Å². The highest BCUT2D eigenvalue weighted by Crippen LogP contribution is 2.32. The number of carbonyl (C=O) groups excluding carboxylic acids is 2. The molecule has 0 N–H and O–H groups in total. The number of piperazine rings is 1. The number of ether oxygens (including phenoxy) is 1. The van der Waals surface area contributed by atoms with Crippen molar-refractivity contribution in [2.24, 2.45) is 0 Å². The SMILES string of the molecule is COC(=O)CN1CCN2OC=C(c3ccc(Br)cc3)C2C1=O. The third-order valence-corrected chi connectivity index (χ3v) is 4.29. The van der Waals surface area contributed by atoms with Crippen LogP contribution in [-0.4, -0.2) is 54.6 Å². The summed E-state index contributed by atoms with van der Waals surface area (Å²) < 4.78 is 5.61. The molecule has 1 amide bonds. The Hall–Kier alpha value is -1.86. The molecule has 0 radical (unpaired) electrons. The van der Waals surface area contributed by atoms with Crippen molar-refractivity contribution in [2.45, 2.75) is 6.04 Å². The molecule has 1 fully saturated rings. The number of hydrogen-bond donors (Lipinski definition) is 0. The lowest BCUT2D eigenvalue weighted by atomic mass is 9.98.